The Bertz CT molecular complexity index is 412. The van der Waals surface area contributed by atoms with Crippen LogP contribution in [0.4, 0.5) is 0 Å². The summed E-state index contributed by atoms with van der Waals surface area (Å²) in [6.07, 6.45) is 4.43. The van der Waals surface area contributed by atoms with Gasteiger partial charge in [0.1, 0.15) is 0 Å². The summed E-state index contributed by atoms with van der Waals surface area (Å²) in [4.78, 5) is 11.3. The highest BCUT2D eigenvalue weighted by atomic mass is 16.5. The van der Waals surface area contributed by atoms with Crippen LogP contribution in [0.3, 0.4) is 0 Å². The number of carbonyl (C=O) groups excluding carboxylic acids is 1. The molecule has 1 aromatic carbocycles. The minimum atomic E-state index is -0.286. The second-order valence-corrected chi connectivity index (χ2v) is 4.17. The van der Waals surface area contributed by atoms with Gasteiger partial charge in [-0.3, -0.25) is 0 Å². The van der Waals surface area contributed by atoms with Crippen LogP contribution in [0.15, 0.2) is 29.8 Å². The van der Waals surface area contributed by atoms with Gasteiger partial charge in [-0.2, -0.15) is 0 Å². The Kier molecular flexibility index (Phi) is 3.94. The van der Waals surface area contributed by atoms with Crippen LogP contribution < -0.4 is 5.32 Å². The fourth-order valence-corrected chi connectivity index (χ4v) is 1.96. The van der Waals surface area contributed by atoms with E-state index in [2.05, 4.69) is 16.1 Å². The Morgan fingerprint density at radius 3 is 2.47 bits per heavy atom. The fraction of sp³-hybridized carbons (Fsp3) is 0.357. The first-order chi connectivity index (χ1) is 8.29. The molecule has 1 saturated heterocycles. The van der Waals surface area contributed by atoms with E-state index in [9.17, 15) is 4.79 Å². The van der Waals surface area contributed by atoms with E-state index < -0.39 is 0 Å². The summed E-state index contributed by atoms with van der Waals surface area (Å²) in [5.41, 5.74) is 3.21. The Balaban J connectivity index is 2.09. The lowest BCUT2D eigenvalue weighted by molar-refractivity contribution is 0.0601. The number of nitrogens with one attached hydrogen (secondary N) is 1. The third-order valence-corrected chi connectivity index (χ3v) is 2.95. The van der Waals surface area contributed by atoms with Gasteiger partial charge in [0.15, 0.2) is 0 Å². The van der Waals surface area contributed by atoms with Crippen molar-refractivity contribution in [3.05, 3.63) is 41.0 Å². The van der Waals surface area contributed by atoms with Gasteiger partial charge in [0.05, 0.1) is 12.7 Å². The van der Waals surface area contributed by atoms with Crippen molar-refractivity contribution in [3.63, 3.8) is 0 Å². The molecule has 1 N–H and O–H groups in total. The van der Waals surface area contributed by atoms with Crippen LogP contribution >= 0.6 is 0 Å². The molecule has 90 valence electrons. The van der Waals surface area contributed by atoms with Gasteiger partial charge in [-0.25, -0.2) is 4.79 Å². The van der Waals surface area contributed by atoms with Gasteiger partial charge in [-0.15, -0.1) is 0 Å². The largest absolute Gasteiger partial charge is 0.465 e. The number of hydrogen-bond donors (Lipinski definition) is 1. The van der Waals surface area contributed by atoms with Gasteiger partial charge in [0, 0.05) is 0 Å². The van der Waals surface area contributed by atoms with E-state index in [1.54, 1.807) is 12.1 Å². The molecule has 0 unspecified atom stereocenters. The van der Waals surface area contributed by atoms with Crippen molar-refractivity contribution in [3.8, 4) is 0 Å². The number of carbonyl (C=O) groups is 1. The molecule has 3 nitrogen and oxygen atoms in total. The van der Waals surface area contributed by atoms with Crippen molar-refractivity contribution in [1.82, 2.24) is 5.32 Å². The van der Waals surface area contributed by atoms with E-state index >= 15 is 0 Å². The molecule has 3 heteroatoms. The maximum Gasteiger partial charge on any atom is 0.337 e. The Morgan fingerprint density at radius 1 is 1.24 bits per heavy atom. The zero-order valence-corrected chi connectivity index (χ0v) is 10.0. The van der Waals surface area contributed by atoms with Crippen LogP contribution in [0, 0.1) is 0 Å². The second-order valence-electron chi connectivity index (χ2n) is 4.17. The molecule has 0 atom stereocenters. The fourth-order valence-electron chi connectivity index (χ4n) is 1.96. The van der Waals surface area contributed by atoms with E-state index in [1.165, 1.54) is 12.7 Å². The van der Waals surface area contributed by atoms with Gasteiger partial charge in [-0.1, -0.05) is 23.8 Å². The number of hydrogen-bond acceptors (Lipinski definition) is 3. The molecule has 0 radical (unpaired) electrons. The molecular formula is C14H17NO2. The zero-order valence-electron chi connectivity index (χ0n) is 10.0. The number of esters is 1. The zero-order chi connectivity index (χ0) is 12.1. The summed E-state index contributed by atoms with van der Waals surface area (Å²) in [6, 6.07) is 7.53. The molecular weight excluding hydrogens is 214 g/mol. The molecule has 0 spiro atoms. The number of rotatable bonds is 2. The normalized spacial score (nSPS) is 15.5. The van der Waals surface area contributed by atoms with E-state index in [4.69, 9.17) is 0 Å². The molecule has 1 aliphatic heterocycles. The van der Waals surface area contributed by atoms with Gasteiger partial charge in [0.25, 0.3) is 0 Å². The lowest BCUT2D eigenvalue weighted by atomic mass is 10.0. The van der Waals surface area contributed by atoms with Crippen molar-refractivity contribution in [1.29, 1.82) is 0 Å². The molecule has 0 aromatic heterocycles. The SMILES string of the molecule is COC(=O)c1ccc(C=C2CCNCC2)cc1. The molecule has 17 heavy (non-hydrogen) atoms. The van der Waals surface area contributed by atoms with Crippen LogP contribution in [0.2, 0.25) is 0 Å². The third kappa shape index (κ3) is 3.17. The lowest BCUT2D eigenvalue weighted by Gasteiger charge is -2.15. The Labute approximate surface area is 101 Å². The lowest BCUT2D eigenvalue weighted by Crippen LogP contribution is -2.22. The van der Waals surface area contributed by atoms with E-state index in [-0.39, 0.29) is 5.97 Å². The van der Waals surface area contributed by atoms with Crippen molar-refractivity contribution in [2.75, 3.05) is 20.2 Å². The number of benzene rings is 1. The average Bonchev–Trinajstić information content (AvgIpc) is 2.40. The van der Waals surface area contributed by atoms with Crippen LogP contribution in [-0.4, -0.2) is 26.2 Å². The minimum Gasteiger partial charge on any atom is -0.465 e. The van der Waals surface area contributed by atoms with Crippen molar-refractivity contribution in [2.45, 2.75) is 12.8 Å². The maximum atomic E-state index is 11.3. The monoisotopic (exact) mass is 231 g/mol. The Hall–Kier alpha value is -1.61. The molecule has 0 aliphatic carbocycles. The second kappa shape index (κ2) is 5.64. The van der Waals surface area contributed by atoms with Crippen LogP contribution in [0.1, 0.15) is 28.8 Å². The van der Waals surface area contributed by atoms with Gasteiger partial charge in [0.2, 0.25) is 0 Å². The first-order valence-electron chi connectivity index (χ1n) is 5.88. The quantitative estimate of drug-likeness (QED) is 0.793. The predicted octanol–water partition coefficient (Wildman–Crippen LogP) is 2.24. The van der Waals surface area contributed by atoms with E-state index in [0.29, 0.717) is 5.56 Å². The molecule has 2 rings (SSSR count). The summed E-state index contributed by atoms with van der Waals surface area (Å²) in [5.74, 6) is -0.286. The maximum absolute atomic E-state index is 11.3. The molecule has 1 heterocycles. The standard InChI is InChI=1S/C14H17NO2/c1-17-14(16)13-4-2-11(3-5-13)10-12-6-8-15-9-7-12/h2-5,10,15H,6-9H2,1H3. The molecule has 0 amide bonds. The summed E-state index contributed by atoms with van der Waals surface area (Å²) < 4.78 is 4.66. The highest BCUT2D eigenvalue weighted by molar-refractivity contribution is 5.89. The highest BCUT2D eigenvalue weighted by Crippen LogP contribution is 2.16. The molecule has 1 aromatic rings. The molecule has 1 aliphatic rings. The van der Waals surface area contributed by atoms with E-state index in [0.717, 1.165) is 31.5 Å². The average molecular weight is 231 g/mol. The minimum absolute atomic E-state index is 0.286. The van der Waals surface area contributed by atoms with Crippen LogP contribution in [0.5, 0.6) is 0 Å². The topological polar surface area (TPSA) is 38.3 Å². The first-order valence-corrected chi connectivity index (χ1v) is 5.88. The van der Waals surface area contributed by atoms with Crippen molar-refractivity contribution in [2.24, 2.45) is 0 Å². The molecule has 0 bridgehead atoms. The van der Waals surface area contributed by atoms with E-state index in [1.807, 2.05) is 12.1 Å². The first kappa shape index (κ1) is 11.9. The number of piperidine rings is 1. The van der Waals surface area contributed by atoms with Crippen molar-refractivity contribution >= 4 is 12.0 Å². The smallest absolute Gasteiger partial charge is 0.337 e. The summed E-state index contributed by atoms with van der Waals surface area (Å²) in [7, 11) is 1.40. The van der Waals surface area contributed by atoms with Crippen molar-refractivity contribution < 1.29 is 9.53 Å². The van der Waals surface area contributed by atoms with Gasteiger partial charge in [-0.05, 0) is 43.6 Å². The van der Waals surface area contributed by atoms with Crippen LogP contribution in [0.25, 0.3) is 6.08 Å². The van der Waals surface area contributed by atoms with Crippen LogP contribution in [-0.2, 0) is 4.74 Å². The summed E-state index contributed by atoms with van der Waals surface area (Å²) >= 11 is 0. The summed E-state index contributed by atoms with van der Waals surface area (Å²) in [5, 5.41) is 3.33. The number of ether oxygens (including phenoxy) is 1. The van der Waals surface area contributed by atoms with Gasteiger partial charge < -0.3 is 10.1 Å². The third-order valence-electron chi connectivity index (χ3n) is 2.95. The Morgan fingerprint density at radius 2 is 1.88 bits per heavy atom. The molecule has 1 fully saturated rings. The molecule has 0 saturated carbocycles. The van der Waals surface area contributed by atoms with Gasteiger partial charge >= 0.3 is 5.97 Å². The summed E-state index contributed by atoms with van der Waals surface area (Å²) in [6.45, 7) is 2.12. The number of methoxy groups -OCH3 is 1. The highest BCUT2D eigenvalue weighted by Gasteiger charge is 2.06. The predicted molar refractivity (Wildman–Crippen MR) is 67.9 cm³/mol.